The molecular weight excluding hydrogens is 765 g/mol. The highest BCUT2D eigenvalue weighted by Gasteiger charge is 2.17. The van der Waals surface area contributed by atoms with Crippen LogP contribution < -0.4 is 0 Å². The molecule has 0 radical (unpaired) electrons. The Kier molecular flexibility index (Phi) is 51.4. The lowest BCUT2D eigenvalue weighted by Crippen LogP contribution is -2.30. The van der Waals surface area contributed by atoms with E-state index in [0.717, 1.165) is 77.0 Å². The third kappa shape index (κ3) is 50.5. The van der Waals surface area contributed by atoms with E-state index in [9.17, 15) is 9.59 Å². The zero-order valence-electron chi connectivity index (χ0n) is 41.6. The maximum absolute atomic E-state index is 12.8. The van der Waals surface area contributed by atoms with E-state index in [-0.39, 0.29) is 25.2 Å². The molecule has 0 aromatic heterocycles. The Balaban J connectivity index is 4.27. The summed E-state index contributed by atoms with van der Waals surface area (Å²) in [6.45, 7) is 7.74. The molecule has 5 heteroatoms. The fraction of sp³-hybridized carbons (Fsp3) is 0.825. The Labute approximate surface area is 386 Å². The topological polar surface area (TPSA) is 61.8 Å². The van der Waals surface area contributed by atoms with Crippen LogP contribution in [0.4, 0.5) is 0 Å². The largest absolute Gasteiger partial charge is 0.462 e. The van der Waals surface area contributed by atoms with Gasteiger partial charge in [-0.1, -0.05) is 256 Å². The van der Waals surface area contributed by atoms with Crippen molar-refractivity contribution in [2.45, 2.75) is 284 Å². The highest BCUT2D eigenvalue weighted by molar-refractivity contribution is 5.70. The number of rotatable bonds is 50. The maximum Gasteiger partial charge on any atom is 0.306 e. The zero-order valence-corrected chi connectivity index (χ0v) is 41.6. The molecule has 0 aromatic rings. The first-order valence-electron chi connectivity index (χ1n) is 27.2. The smallest absolute Gasteiger partial charge is 0.306 e. The molecule has 62 heavy (non-hydrogen) atoms. The lowest BCUT2D eigenvalue weighted by molar-refractivity contribution is -0.163. The summed E-state index contributed by atoms with van der Waals surface area (Å²) >= 11 is 0. The Morgan fingerprint density at radius 2 is 0.726 bits per heavy atom. The molecule has 0 aromatic carbocycles. The Hall–Kier alpha value is -2.14. The van der Waals surface area contributed by atoms with Crippen molar-refractivity contribution in [2.75, 3.05) is 19.8 Å². The summed E-state index contributed by atoms with van der Waals surface area (Å²) in [6.07, 6.45) is 65.5. The van der Waals surface area contributed by atoms with Crippen LogP contribution in [0, 0.1) is 0 Å². The molecule has 0 amide bonds. The quantitative estimate of drug-likeness (QED) is 0.0346. The molecule has 0 aliphatic carbocycles. The molecule has 0 heterocycles. The van der Waals surface area contributed by atoms with E-state index in [1.165, 1.54) is 167 Å². The molecule has 0 bridgehead atoms. The standard InChI is InChI=1S/C57H104O5/c1-4-7-10-13-16-19-22-25-27-29-30-33-35-38-41-44-47-50-56(58)61-54-55(62-57(59)51-48-45-42-39-36-32-24-21-18-15-12-9-6-3)53-60-52-49-46-43-40-37-34-31-28-26-23-20-17-14-11-8-5-2/h7,10,16,19,25,27,30,33,55H,4-6,8-9,11-15,17-18,20-24,26,28-29,31-32,34-54H2,1-3H3/b10-7-,19-16-,27-25-,33-30-. The van der Waals surface area contributed by atoms with Crippen LogP contribution in [0.1, 0.15) is 278 Å². The highest BCUT2D eigenvalue weighted by Crippen LogP contribution is 2.16. The van der Waals surface area contributed by atoms with Gasteiger partial charge in [0.2, 0.25) is 0 Å². The second-order valence-electron chi connectivity index (χ2n) is 18.1. The van der Waals surface area contributed by atoms with E-state index in [4.69, 9.17) is 14.2 Å². The van der Waals surface area contributed by atoms with Crippen molar-refractivity contribution in [3.8, 4) is 0 Å². The Morgan fingerprint density at radius 3 is 1.16 bits per heavy atom. The van der Waals surface area contributed by atoms with Crippen molar-refractivity contribution in [3.63, 3.8) is 0 Å². The second-order valence-corrected chi connectivity index (χ2v) is 18.1. The van der Waals surface area contributed by atoms with Crippen LogP contribution in [0.15, 0.2) is 48.6 Å². The number of esters is 2. The lowest BCUT2D eigenvalue weighted by atomic mass is 10.0. The van der Waals surface area contributed by atoms with Crippen molar-refractivity contribution < 1.29 is 23.8 Å². The monoisotopic (exact) mass is 869 g/mol. The molecule has 1 unspecified atom stereocenters. The third-order valence-electron chi connectivity index (χ3n) is 11.9. The predicted molar refractivity (Wildman–Crippen MR) is 270 cm³/mol. The first-order chi connectivity index (χ1) is 30.6. The molecule has 0 saturated heterocycles. The fourth-order valence-corrected chi connectivity index (χ4v) is 7.86. The SMILES string of the molecule is CC/C=C\C/C=C\C/C=C\C/C=C\CCCCCCC(=O)OCC(COCCCCCCCCCCCCCCCCCC)OC(=O)CCCCCCCCCCCCCCC. The van der Waals surface area contributed by atoms with Gasteiger partial charge in [0.25, 0.3) is 0 Å². The minimum atomic E-state index is -0.541. The molecule has 5 nitrogen and oxygen atoms in total. The van der Waals surface area contributed by atoms with E-state index < -0.39 is 6.10 Å². The summed E-state index contributed by atoms with van der Waals surface area (Å²) in [5.41, 5.74) is 0. The molecular formula is C57H104O5. The van der Waals surface area contributed by atoms with Gasteiger partial charge in [0.15, 0.2) is 6.10 Å². The van der Waals surface area contributed by atoms with Gasteiger partial charge in [-0.3, -0.25) is 9.59 Å². The van der Waals surface area contributed by atoms with E-state index in [2.05, 4.69) is 69.4 Å². The zero-order chi connectivity index (χ0) is 44.9. The van der Waals surface area contributed by atoms with Crippen molar-refractivity contribution >= 4 is 11.9 Å². The second kappa shape index (κ2) is 53.2. The van der Waals surface area contributed by atoms with Gasteiger partial charge in [-0.15, -0.1) is 0 Å². The molecule has 362 valence electrons. The summed E-state index contributed by atoms with van der Waals surface area (Å²) in [5.74, 6) is -0.410. The first kappa shape index (κ1) is 59.9. The summed E-state index contributed by atoms with van der Waals surface area (Å²) in [4.78, 5) is 25.4. The van der Waals surface area contributed by atoms with Gasteiger partial charge in [0.1, 0.15) is 6.61 Å². The molecule has 0 aliphatic rings. The summed E-state index contributed by atoms with van der Waals surface area (Å²) < 4.78 is 17.4. The van der Waals surface area contributed by atoms with Gasteiger partial charge in [0, 0.05) is 19.4 Å². The van der Waals surface area contributed by atoms with Gasteiger partial charge < -0.3 is 14.2 Å². The number of hydrogen-bond acceptors (Lipinski definition) is 5. The number of allylic oxidation sites excluding steroid dienone is 8. The van der Waals surface area contributed by atoms with E-state index in [0.29, 0.717) is 19.4 Å². The number of carbonyl (C=O) groups is 2. The van der Waals surface area contributed by atoms with Crippen molar-refractivity contribution in [1.82, 2.24) is 0 Å². The average molecular weight is 869 g/mol. The molecule has 0 spiro atoms. The van der Waals surface area contributed by atoms with E-state index in [1.54, 1.807) is 0 Å². The third-order valence-corrected chi connectivity index (χ3v) is 11.9. The fourth-order valence-electron chi connectivity index (χ4n) is 7.86. The normalized spacial score (nSPS) is 12.5. The molecule has 0 rings (SSSR count). The van der Waals surface area contributed by atoms with Crippen LogP contribution in [0.5, 0.6) is 0 Å². The molecule has 0 fully saturated rings. The molecule has 0 saturated carbocycles. The number of unbranched alkanes of at least 4 members (excludes halogenated alkanes) is 31. The van der Waals surface area contributed by atoms with Crippen molar-refractivity contribution in [2.24, 2.45) is 0 Å². The van der Waals surface area contributed by atoms with Crippen LogP contribution in [0.2, 0.25) is 0 Å². The molecule has 1 atom stereocenters. The number of ether oxygens (including phenoxy) is 3. The van der Waals surface area contributed by atoms with Crippen LogP contribution >= 0.6 is 0 Å². The van der Waals surface area contributed by atoms with E-state index in [1.807, 2.05) is 0 Å². The predicted octanol–water partition coefficient (Wildman–Crippen LogP) is 18.3. The van der Waals surface area contributed by atoms with E-state index >= 15 is 0 Å². The highest BCUT2D eigenvalue weighted by atomic mass is 16.6. The lowest BCUT2D eigenvalue weighted by Gasteiger charge is -2.18. The van der Waals surface area contributed by atoms with Gasteiger partial charge in [-0.2, -0.15) is 0 Å². The van der Waals surface area contributed by atoms with Gasteiger partial charge in [0.05, 0.1) is 6.61 Å². The summed E-state index contributed by atoms with van der Waals surface area (Å²) in [7, 11) is 0. The number of hydrogen-bond donors (Lipinski definition) is 0. The Morgan fingerprint density at radius 1 is 0.371 bits per heavy atom. The number of carbonyl (C=O) groups excluding carboxylic acids is 2. The summed E-state index contributed by atoms with van der Waals surface area (Å²) in [5, 5.41) is 0. The van der Waals surface area contributed by atoms with Crippen LogP contribution in [-0.4, -0.2) is 37.9 Å². The average Bonchev–Trinajstić information content (AvgIpc) is 3.27. The van der Waals surface area contributed by atoms with Gasteiger partial charge in [-0.05, 0) is 57.8 Å². The van der Waals surface area contributed by atoms with Crippen molar-refractivity contribution in [3.05, 3.63) is 48.6 Å². The van der Waals surface area contributed by atoms with Crippen LogP contribution in [-0.2, 0) is 23.8 Å². The van der Waals surface area contributed by atoms with Crippen LogP contribution in [0.25, 0.3) is 0 Å². The maximum atomic E-state index is 12.8. The minimum absolute atomic E-state index is 0.0773. The van der Waals surface area contributed by atoms with Crippen molar-refractivity contribution in [1.29, 1.82) is 0 Å². The van der Waals surface area contributed by atoms with Crippen LogP contribution in [0.3, 0.4) is 0 Å². The molecule has 0 N–H and O–H groups in total. The summed E-state index contributed by atoms with van der Waals surface area (Å²) in [6, 6.07) is 0. The molecule has 0 aliphatic heterocycles. The minimum Gasteiger partial charge on any atom is -0.462 e. The van der Waals surface area contributed by atoms with Gasteiger partial charge >= 0.3 is 11.9 Å². The first-order valence-corrected chi connectivity index (χ1v) is 27.2. The van der Waals surface area contributed by atoms with Gasteiger partial charge in [-0.25, -0.2) is 0 Å². The Bertz CT molecular complexity index is 1030.